The molecule has 0 unspecified atom stereocenters. The van der Waals surface area contributed by atoms with Gasteiger partial charge in [-0.3, -0.25) is 0 Å². The molecule has 0 fully saturated rings. The van der Waals surface area contributed by atoms with Gasteiger partial charge in [-0.2, -0.15) is 5.26 Å². The number of hydrogen-bond acceptors (Lipinski definition) is 2. The first-order valence-corrected chi connectivity index (χ1v) is 18.1. The zero-order chi connectivity index (χ0) is 30.2. The third-order valence-electron chi connectivity index (χ3n) is 9.52. The average Bonchev–Trinajstić information content (AvgIpc) is 3.53. The van der Waals surface area contributed by atoms with E-state index in [1.54, 1.807) is 0 Å². The number of rotatable bonds is 3. The predicted octanol–water partition coefficient (Wildman–Crippen LogP) is 8.39. The summed E-state index contributed by atoms with van der Waals surface area (Å²) in [5.74, 6) is 0. The molecule has 0 spiro atoms. The highest BCUT2D eigenvalue weighted by Crippen LogP contribution is 2.43. The Kier molecular flexibility index (Phi) is 5.78. The summed E-state index contributed by atoms with van der Waals surface area (Å²) in [6.45, 7) is 6.99. The maximum Gasteiger partial charge on any atom is 0.216 e. The summed E-state index contributed by atoms with van der Waals surface area (Å²) in [6.07, 6.45) is 2.12. The van der Waals surface area contributed by atoms with Crippen molar-refractivity contribution in [2.24, 2.45) is 7.05 Å². The van der Waals surface area contributed by atoms with Crippen molar-refractivity contribution in [2.45, 2.75) is 20.0 Å². The van der Waals surface area contributed by atoms with E-state index in [4.69, 9.17) is 4.42 Å². The van der Waals surface area contributed by atoms with Crippen LogP contribution in [0, 0.1) is 18.3 Å². The molecule has 0 amide bonds. The third kappa shape index (κ3) is 3.76. The van der Waals surface area contributed by atoms with E-state index >= 15 is 0 Å². The minimum Gasteiger partial charge on any atom is -0.454 e. The Bertz CT molecular complexity index is 2340. The topological polar surface area (TPSA) is 40.8 Å². The normalized spacial score (nSPS) is 13.2. The van der Waals surface area contributed by atoms with Crippen LogP contribution in [0.3, 0.4) is 0 Å². The summed E-state index contributed by atoms with van der Waals surface area (Å²) in [5.41, 5.74) is 12.3. The summed E-state index contributed by atoms with van der Waals surface area (Å²) < 4.78 is 9.08. The van der Waals surface area contributed by atoms with Gasteiger partial charge in [-0.05, 0) is 68.9 Å². The number of nitriles is 1. The van der Waals surface area contributed by atoms with Crippen LogP contribution in [-0.2, 0) is 7.05 Å². The van der Waals surface area contributed by atoms with Crippen LogP contribution in [-0.4, -0.2) is 8.07 Å². The Morgan fingerprint density at radius 2 is 1.36 bits per heavy atom. The summed E-state index contributed by atoms with van der Waals surface area (Å²) in [4.78, 5) is 0. The van der Waals surface area contributed by atoms with E-state index < -0.39 is 8.07 Å². The highest BCUT2D eigenvalue weighted by Gasteiger charge is 2.37. The van der Waals surface area contributed by atoms with Crippen LogP contribution >= 0.6 is 0 Å². The Morgan fingerprint density at radius 1 is 0.659 bits per heavy atom. The van der Waals surface area contributed by atoms with Crippen LogP contribution < -0.4 is 14.9 Å². The third-order valence-corrected chi connectivity index (χ3v) is 13.1. The zero-order valence-corrected chi connectivity index (χ0v) is 26.3. The Balaban J connectivity index is 1.39. The lowest BCUT2D eigenvalue weighted by molar-refractivity contribution is -0.660. The van der Waals surface area contributed by atoms with E-state index in [0.29, 0.717) is 5.56 Å². The van der Waals surface area contributed by atoms with Crippen molar-refractivity contribution in [3.63, 3.8) is 0 Å². The van der Waals surface area contributed by atoms with Gasteiger partial charge in [-0.25, -0.2) is 4.57 Å². The fourth-order valence-electron chi connectivity index (χ4n) is 7.20. The van der Waals surface area contributed by atoms with Crippen LogP contribution in [0.5, 0.6) is 0 Å². The van der Waals surface area contributed by atoms with Crippen molar-refractivity contribution in [2.75, 3.05) is 0 Å². The number of hydrogen-bond donors (Lipinski definition) is 0. The maximum absolute atomic E-state index is 10.3. The highest BCUT2D eigenvalue weighted by atomic mass is 28.3. The number of benzene rings is 5. The predicted molar refractivity (Wildman–Crippen MR) is 183 cm³/mol. The van der Waals surface area contributed by atoms with Gasteiger partial charge in [0.15, 0.2) is 6.20 Å². The Morgan fingerprint density at radius 3 is 2.16 bits per heavy atom. The molecule has 0 aliphatic carbocycles. The van der Waals surface area contributed by atoms with Crippen LogP contribution in [0.15, 0.2) is 120 Å². The van der Waals surface area contributed by atoms with E-state index in [9.17, 15) is 5.26 Å². The second-order valence-corrected chi connectivity index (χ2v) is 16.7. The minimum atomic E-state index is -1.78. The Labute approximate surface area is 258 Å². The quantitative estimate of drug-likeness (QED) is 0.155. The molecule has 1 aliphatic heterocycles. The van der Waals surface area contributed by atoms with Gasteiger partial charge in [0.2, 0.25) is 5.69 Å². The standard InChI is InChI=1S/C40H31N2OSi/c1-25-14-17-31-32-18-15-29(24-41)38(28-16-19-36-33(22-28)30-12-8-9-13-35(30)44(36,3)4)40(32)43-39(31)37(25)34-23-27(20-21-42(34)2)26-10-6-5-7-11-26/h5-23H,1-4H3/q+1. The SMILES string of the molecule is Cc1ccc2c(oc3c(-c4ccc5c(c4)-c4ccccc4[Si]5(C)C)c(C#N)ccc32)c1-c1cc(-c2ccccc2)cc[n+]1C. The summed E-state index contributed by atoms with van der Waals surface area (Å²) in [6, 6.07) is 41.2. The molecule has 0 N–H and O–H groups in total. The summed E-state index contributed by atoms with van der Waals surface area (Å²) in [7, 11) is 0.297. The fourth-order valence-corrected chi connectivity index (χ4v) is 10.3. The number of pyridine rings is 1. The lowest BCUT2D eigenvalue weighted by Crippen LogP contribution is -2.49. The van der Waals surface area contributed by atoms with Gasteiger partial charge in [0.1, 0.15) is 26.3 Å². The fraction of sp³-hybridized carbons (Fsp3) is 0.100. The largest absolute Gasteiger partial charge is 0.454 e. The summed E-state index contributed by atoms with van der Waals surface area (Å²) >= 11 is 0. The van der Waals surface area contributed by atoms with Crippen molar-refractivity contribution >= 4 is 40.4 Å². The van der Waals surface area contributed by atoms with Gasteiger partial charge in [-0.1, -0.05) is 92.0 Å². The molecule has 8 rings (SSSR count). The number of nitrogens with zero attached hydrogens (tertiary/aromatic N) is 2. The van der Waals surface area contributed by atoms with E-state index in [0.717, 1.165) is 55.4 Å². The lowest BCUT2D eigenvalue weighted by Gasteiger charge is -2.18. The maximum atomic E-state index is 10.3. The molecule has 0 saturated heterocycles. The van der Waals surface area contributed by atoms with Crippen molar-refractivity contribution in [3.8, 4) is 50.7 Å². The number of aromatic nitrogens is 1. The molecule has 1 aliphatic rings. The lowest BCUT2D eigenvalue weighted by atomic mass is 9.94. The Hall–Kier alpha value is -5.24. The van der Waals surface area contributed by atoms with Crippen molar-refractivity contribution in [1.82, 2.24) is 0 Å². The average molecular weight is 584 g/mol. The van der Waals surface area contributed by atoms with Gasteiger partial charge >= 0.3 is 0 Å². The molecule has 0 radical (unpaired) electrons. The van der Waals surface area contributed by atoms with E-state index in [1.807, 2.05) is 18.2 Å². The van der Waals surface area contributed by atoms with Crippen LogP contribution in [0.25, 0.3) is 66.6 Å². The second-order valence-electron chi connectivity index (χ2n) is 12.4. The number of fused-ring (bicyclic) bond motifs is 6. The van der Waals surface area contributed by atoms with Crippen molar-refractivity contribution in [1.29, 1.82) is 5.26 Å². The molecule has 5 aromatic carbocycles. The first-order valence-electron chi connectivity index (χ1n) is 15.1. The van der Waals surface area contributed by atoms with Crippen LogP contribution in [0.2, 0.25) is 13.1 Å². The summed E-state index contributed by atoms with van der Waals surface area (Å²) in [5, 5.41) is 15.3. The zero-order valence-electron chi connectivity index (χ0n) is 25.3. The molecular formula is C40H31N2OSi+. The molecule has 4 heteroatoms. The van der Waals surface area contributed by atoms with Crippen molar-refractivity contribution < 1.29 is 8.98 Å². The van der Waals surface area contributed by atoms with Crippen LogP contribution in [0.4, 0.5) is 0 Å². The molecular weight excluding hydrogens is 553 g/mol. The van der Waals surface area contributed by atoms with E-state index in [2.05, 4.69) is 135 Å². The van der Waals surface area contributed by atoms with Gasteiger partial charge in [-0.15, -0.1) is 0 Å². The molecule has 3 heterocycles. The van der Waals surface area contributed by atoms with Gasteiger partial charge < -0.3 is 4.42 Å². The van der Waals surface area contributed by atoms with Crippen molar-refractivity contribution in [3.05, 3.63) is 127 Å². The molecule has 7 aromatic rings. The number of aryl methyl sites for hydroxylation is 2. The molecule has 2 aromatic heterocycles. The molecule has 44 heavy (non-hydrogen) atoms. The first-order chi connectivity index (χ1) is 21.4. The molecule has 210 valence electrons. The van der Waals surface area contributed by atoms with Gasteiger partial charge in [0, 0.05) is 28.5 Å². The highest BCUT2D eigenvalue weighted by molar-refractivity contribution is 7.03. The number of furan rings is 1. The molecule has 0 saturated carbocycles. The van der Waals surface area contributed by atoms with Crippen LogP contribution in [0.1, 0.15) is 11.1 Å². The minimum absolute atomic E-state index is 0.620. The second kappa shape index (κ2) is 9.64. The van der Waals surface area contributed by atoms with E-state index in [-0.39, 0.29) is 0 Å². The molecule has 3 nitrogen and oxygen atoms in total. The van der Waals surface area contributed by atoms with Gasteiger partial charge in [0.25, 0.3) is 0 Å². The van der Waals surface area contributed by atoms with Gasteiger partial charge in [0.05, 0.1) is 17.2 Å². The molecule has 0 bridgehead atoms. The van der Waals surface area contributed by atoms with E-state index in [1.165, 1.54) is 27.1 Å². The first kappa shape index (κ1) is 26.4. The smallest absolute Gasteiger partial charge is 0.216 e. The molecule has 0 atom stereocenters. The monoisotopic (exact) mass is 583 g/mol.